The molecule has 160 valence electrons. The Morgan fingerprint density at radius 1 is 1.23 bits per heavy atom. The maximum absolute atomic E-state index is 12.9. The van der Waals surface area contributed by atoms with Crippen molar-refractivity contribution in [3.8, 4) is 5.82 Å². The highest BCUT2D eigenvalue weighted by Crippen LogP contribution is 2.27. The lowest BCUT2D eigenvalue weighted by Gasteiger charge is -2.14. The normalized spacial score (nSPS) is 11.4. The van der Waals surface area contributed by atoms with Crippen LogP contribution in [0.25, 0.3) is 11.9 Å². The van der Waals surface area contributed by atoms with Crippen LogP contribution in [-0.4, -0.2) is 33.6 Å². The molecule has 0 bridgehead atoms. The van der Waals surface area contributed by atoms with Crippen LogP contribution in [0.4, 0.5) is 5.69 Å². The Bertz CT molecular complexity index is 1210. The molecule has 1 aromatic carbocycles. The molecule has 0 saturated carbocycles. The number of halogens is 3. The minimum atomic E-state index is -0.383. The SMILES string of the molecule is CNC(=O)c1cc(Cl)cc(C)c1NC(=O)/C(C)=C/c1cc(Br)nn1-c1ncccc1Cl. The topological polar surface area (TPSA) is 88.9 Å². The maximum atomic E-state index is 12.9. The number of aromatic nitrogens is 3. The third-order valence-corrected chi connectivity index (χ3v) is 5.28. The first-order valence-electron chi connectivity index (χ1n) is 9.09. The number of carbonyl (C=O) groups excluding carboxylic acids is 2. The van der Waals surface area contributed by atoms with Gasteiger partial charge in [0.2, 0.25) is 0 Å². The van der Waals surface area contributed by atoms with Crippen LogP contribution in [0.5, 0.6) is 0 Å². The predicted molar refractivity (Wildman–Crippen MR) is 126 cm³/mol. The summed E-state index contributed by atoms with van der Waals surface area (Å²) in [7, 11) is 1.51. The Hall–Kier alpha value is -2.68. The first-order valence-corrected chi connectivity index (χ1v) is 10.6. The molecule has 2 N–H and O–H groups in total. The second-order valence-corrected chi connectivity index (χ2v) is 8.27. The molecule has 0 aliphatic rings. The van der Waals surface area contributed by atoms with E-state index in [0.29, 0.717) is 43.0 Å². The Kier molecular flexibility index (Phi) is 7.15. The number of rotatable bonds is 5. The summed E-state index contributed by atoms with van der Waals surface area (Å²) in [6.45, 7) is 3.42. The third-order valence-electron chi connectivity index (χ3n) is 4.38. The van der Waals surface area contributed by atoms with E-state index in [1.54, 1.807) is 50.4 Å². The number of aryl methyl sites for hydroxylation is 1. The van der Waals surface area contributed by atoms with Gasteiger partial charge < -0.3 is 10.6 Å². The minimum absolute atomic E-state index is 0.279. The van der Waals surface area contributed by atoms with Crippen LogP contribution in [0.15, 0.2) is 46.7 Å². The van der Waals surface area contributed by atoms with Crippen molar-refractivity contribution in [1.82, 2.24) is 20.1 Å². The van der Waals surface area contributed by atoms with Crippen LogP contribution in [0.1, 0.15) is 28.5 Å². The van der Waals surface area contributed by atoms with Crippen molar-refractivity contribution < 1.29 is 9.59 Å². The van der Waals surface area contributed by atoms with Crippen LogP contribution in [0.3, 0.4) is 0 Å². The number of amides is 2. The van der Waals surface area contributed by atoms with Gasteiger partial charge in [0, 0.05) is 23.8 Å². The van der Waals surface area contributed by atoms with Crippen molar-refractivity contribution in [2.45, 2.75) is 13.8 Å². The van der Waals surface area contributed by atoms with Gasteiger partial charge in [-0.3, -0.25) is 9.59 Å². The molecule has 7 nitrogen and oxygen atoms in total. The average Bonchev–Trinajstić information content (AvgIpc) is 3.09. The number of carbonyl (C=O) groups is 2. The molecule has 0 unspecified atom stereocenters. The Balaban J connectivity index is 1.96. The summed E-state index contributed by atoms with van der Waals surface area (Å²) >= 11 is 15.7. The molecular weight excluding hydrogens is 505 g/mol. The molecule has 0 spiro atoms. The molecule has 2 heterocycles. The zero-order valence-corrected chi connectivity index (χ0v) is 19.9. The van der Waals surface area contributed by atoms with E-state index in [1.807, 2.05) is 0 Å². The Morgan fingerprint density at radius 2 is 1.97 bits per heavy atom. The Labute approximate surface area is 197 Å². The van der Waals surface area contributed by atoms with Gasteiger partial charge in [0.25, 0.3) is 11.8 Å². The summed E-state index contributed by atoms with van der Waals surface area (Å²) in [5.41, 5.74) is 2.32. The van der Waals surface area contributed by atoms with Crippen LogP contribution < -0.4 is 10.6 Å². The summed E-state index contributed by atoms with van der Waals surface area (Å²) in [6, 6.07) is 8.35. The van der Waals surface area contributed by atoms with Gasteiger partial charge in [-0.2, -0.15) is 5.10 Å². The number of benzene rings is 1. The maximum Gasteiger partial charge on any atom is 0.253 e. The number of hydrogen-bond donors (Lipinski definition) is 2. The van der Waals surface area contributed by atoms with E-state index in [1.165, 1.54) is 17.8 Å². The van der Waals surface area contributed by atoms with Crippen molar-refractivity contribution in [2.24, 2.45) is 0 Å². The number of nitrogens with zero attached hydrogens (tertiary/aromatic N) is 3. The van der Waals surface area contributed by atoms with Gasteiger partial charge in [-0.15, -0.1) is 0 Å². The fourth-order valence-electron chi connectivity index (χ4n) is 2.89. The molecule has 0 fully saturated rings. The lowest BCUT2D eigenvalue weighted by atomic mass is 10.1. The molecule has 31 heavy (non-hydrogen) atoms. The van der Waals surface area contributed by atoms with E-state index in [9.17, 15) is 9.59 Å². The van der Waals surface area contributed by atoms with E-state index in [0.717, 1.165) is 0 Å². The predicted octanol–water partition coefficient (Wildman–Crippen LogP) is 5.05. The first-order chi connectivity index (χ1) is 14.7. The highest BCUT2D eigenvalue weighted by Gasteiger charge is 2.18. The number of pyridine rings is 1. The van der Waals surface area contributed by atoms with Gasteiger partial charge in [0.05, 0.1) is 22.0 Å². The summed E-state index contributed by atoms with van der Waals surface area (Å²) in [5, 5.41) is 10.5. The van der Waals surface area contributed by atoms with Crippen molar-refractivity contribution >= 4 is 62.7 Å². The van der Waals surface area contributed by atoms with Crippen molar-refractivity contribution in [1.29, 1.82) is 0 Å². The van der Waals surface area contributed by atoms with Gasteiger partial charge in [-0.05, 0) is 71.7 Å². The molecule has 2 aromatic heterocycles. The minimum Gasteiger partial charge on any atom is -0.355 e. The van der Waals surface area contributed by atoms with E-state index in [2.05, 4.69) is 36.6 Å². The van der Waals surface area contributed by atoms with E-state index >= 15 is 0 Å². The number of nitrogens with one attached hydrogen (secondary N) is 2. The molecule has 0 atom stereocenters. The molecule has 0 aliphatic heterocycles. The molecular formula is C21H18BrCl2N5O2. The average molecular weight is 523 g/mol. The van der Waals surface area contributed by atoms with Crippen molar-refractivity contribution in [3.05, 3.63) is 73.6 Å². The highest BCUT2D eigenvalue weighted by atomic mass is 79.9. The van der Waals surface area contributed by atoms with Gasteiger partial charge in [-0.1, -0.05) is 23.2 Å². The third kappa shape index (κ3) is 5.15. The molecule has 0 saturated heterocycles. The van der Waals surface area contributed by atoms with Crippen molar-refractivity contribution in [2.75, 3.05) is 12.4 Å². The van der Waals surface area contributed by atoms with E-state index < -0.39 is 0 Å². The van der Waals surface area contributed by atoms with Gasteiger partial charge in [-0.25, -0.2) is 9.67 Å². The summed E-state index contributed by atoms with van der Waals surface area (Å²) in [5.74, 6) is -0.300. The second kappa shape index (κ2) is 9.64. The zero-order chi connectivity index (χ0) is 22.7. The van der Waals surface area contributed by atoms with Gasteiger partial charge >= 0.3 is 0 Å². The van der Waals surface area contributed by atoms with Gasteiger partial charge in [0.1, 0.15) is 4.60 Å². The van der Waals surface area contributed by atoms with Crippen molar-refractivity contribution in [3.63, 3.8) is 0 Å². The standard InChI is InChI=1S/C21H18BrCl2N5O2/c1-11-7-13(23)9-15(21(31)25-3)18(11)27-20(30)12(2)8-14-10-17(22)28-29(14)19-16(24)5-4-6-26-19/h4-10H,1-3H3,(H,25,31)(H,27,30)/b12-8+. The molecule has 2 amide bonds. The fourth-order valence-corrected chi connectivity index (χ4v) is 3.76. The monoisotopic (exact) mass is 521 g/mol. The van der Waals surface area contributed by atoms with Crippen LogP contribution >= 0.6 is 39.1 Å². The molecule has 0 aliphatic carbocycles. The highest BCUT2D eigenvalue weighted by molar-refractivity contribution is 9.10. The quantitative estimate of drug-likeness (QED) is 0.459. The molecule has 3 aromatic rings. The smallest absolute Gasteiger partial charge is 0.253 e. The first kappa shape index (κ1) is 23.0. The number of hydrogen-bond acceptors (Lipinski definition) is 4. The van der Waals surface area contributed by atoms with Crippen LogP contribution in [0, 0.1) is 6.92 Å². The molecule has 0 radical (unpaired) electrons. The summed E-state index contributed by atoms with van der Waals surface area (Å²) in [6.07, 6.45) is 3.26. The van der Waals surface area contributed by atoms with E-state index in [-0.39, 0.29) is 17.4 Å². The molecule has 10 heteroatoms. The zero-order valence-electron chi connectivity index (χ0n) is 16.8. The lowest BCUT2D eigenvalue weighted by Crippen LogP contribution is -2.22. The summed E-state index contributed by atoms with van der Waals surface area (Å²) in [4.78, 5) is 29.4. The fraction of sp³-hybridized carbons (Fsp3) is 0.143. The van der Waals surface area contributed by atoms with Gasteiger partial charge in [0.15, 0.2) is 5.82 Å². The lowest BCUT2D eigenvalue weighted by molar-refractivity contribution is -0.112. The second-order valence-electron chi connectivity index (χ2n) is 6.62. The van der Waals surface area contributed by atoms with Crippen LogP contribution in [0.2, 0.25) is 10.0 Å². The summed E-state index contributed by atoms with van der Waals surface area (Å²) < 4.78 is 2.09. The number of anilines is 1. The largest absolute Gasteiger partial charge is 0.355 e. The molecule has 3 rings (SSSR count). The van der Waals surface area contributed by atoms with E-state index in [4.69, 9.17) is 23.2 Å². The van der Waals surface area contributed by atoms with Crippen LogP contribution in [-0.2, 0) is 4.79 Å². The Morgan fingerprint density at radius 3 is 2.65 bits per heavy atom.